The highest BCUT2D eigenvalue weighted by atomic mass is 15.2. The van der Waals surface area contributed by atoms with Crippen molar-refractivity contribution >= 4 is 0 Å². The van der Waals surface area contributed by atoms with Gasteiger partial charge in [-0.15, -0.1) is 0 Å². The average molecular weight is 212 g/mol. The molecule has 1 saturated heterocycles. The van der Waals surface area contributed by atoms with Gasteiger partial charge in [-0.2, -0.15) is 0 Å². The first kappa shape index (κ1) is 13.0. The lowest BCUT2D eigenvalue weighted by Crippen LogP contribution is -2.46. The van der Waals surface area contributed by atoms with Crippen molar-refractivity contribution in [1.29, 1.82) is 0 Å². The van der Waals surface area contributed by atoms with Crippen LogP contribution in [0.5, 0.6) is 0 Å². The summed E-state index contributed by atoms with van der Waals surface area (Å²) in [5.74, 6) is 0. The second kappa shape index (κ2) is 5.86. The first-order chi connectivity index (χ1) is 7.06. The lowest BCUT2D eigenvalue weighted by atomic mass is 9.98. The van der Waals surface area contributed by atoms with E-state index in [4.69, 9.17) is 0 Å². The zero-order valence-electron chi connectivity index (χ0n) is 11.0. The molecule has 2 nitrogen and oxygen atoms in total. The Morgan fingerprint density at radius 1 is 1.33 bits per heavy atom. The Morgan fingerprint density at radius 3 is 2.73 bits per heavy atom. The summed E-state index contributed by atoms with van der Waals surface area (Å²) in [5.41, 5.74) is 0.380. The maximum atomic E-state index is 3.58. The number of nitrogens with zero attached hydrogens (tertiary/aromatic N) is 1. The minimum absolute atomic E-state index is 0.380. The van der Waals surface area contributed by atoms with Gasteiger partial charge in [0, 0.05) is 18.1 Å². The third-order valence-corrected chi connectivity index (χ3v) is 3.61. The largest absolute Gasteiger partial charge is 0.313 e. The highest BCUT2D eigenvalue weighted by Gasteiger charge is 2.29. The van der Waals surface area contributed by atoms with E-state index in [9.17, 15) is 0 Å². The molecule has 15 heavy (non-hydrogen) atoms. The molecular formula is C13H28N2. The highest BCUT2D eigenvalue weighted by molar-refractivity contribution is 4.87. The average Bonchev–Trinajstić information content (AvgIpc) is 2.27. The van der Waals surface area contributed by atoms with Crippen LogP contribution in [0.4, 0.5) is 0 Å². The molecule has 1 heterocycles. The molecule has 0 bridgehead atoms. The summed E-state index contributed by atoms with van der Waals surface area (Å²) < 4.78 is 0. The Bertz CT molecular complexity index is 177. The fraction of sp³-hybridized carbons (Fsp3) is 1.00. The summed E-state index contributed by atoms with van der Waals surface area (Å²) in [7, 11) is 0. The van der Waals surface area contributed by atoms with Crippen molar-refractivity contribution in [1.82, 2.24) is 10.2 Å². The van der Waals surface area contributed by atoms with Crippen LogP contribution in [0.2, 0.25) is 0 Å². The molecular weight excluding hydrogens is 184 g/mol. The predicted molar refractivity (Wildman–Crippen MR) is 67.3 cm³/mol. The molecule has 1 unspecified atom stereocenters. The Hall–Kier alpha value is -0.0800. The van der Waals surface area contributed by atoms with Crippen LogP contribution in [0.1, 0.15) is 53.4 Å². The van der Waals surface area contributed by atoms with E-state index >= 15 is 0 Å². The standard InChI is InChI=1S/C13H28N2/c1-5-6-7-10-15-11-12(2)14-9-8-13(15,3)4/h12,14H,5-11H2,1-4H3. The lowest BCUT2D eigenvalue weighted by molar-refractivity contribution is 0.118. The minimum atomic E-state index is 0.380. The van der Waals surface area contributed by atoms with Gasteiger partial charge in [0.2, 0.25) is 0 Å². The van der Waals surface area contributed by atoms with Gasteiger partial charge in [-0.25, -0.2) is 0 Å². The van der Waals surface area contributed by atoms with Gasteiger partial charge >= 0.3 is 0 Å². The highest BCUT2D eigenvalue weighted by Crippen LogP contribution is 2.21. The van der Waals surface area contributed by atoms with Crippen molar-refractivity contribution in [2.75, 3.05) is 19.6 Å². The molecule has 0 aromatic heterocycles. The second-order valence-electron chi connectivity index (χ2n) is 5.57. The van der Waals surface area contributed by atoms with Gasteiger partial charge < -0.3 is 5.32 Å². The van der Waals surface area contributed by atoms with Gasteiger partial charge in [-0.1, -0.05) is 19.8 Å². The molecule has 0 aromatic rings. The maximum absolute atomic E-state index is 3.58. The summed E-state index contributed by atoms with van der Waals surface area (Å²) in [5, 5.41) is 3.58. The van der Waals surface area contributed by atoms with Crippen LogP contribution in [-0.4, -0.2) is 36.1 Å². The van der Waals surface area contributed by atoms with Gasteiger partial charge in [0.05, 0.1) is 0 Å². The molecule has 1 fully saturated rings. The molecule has 0 aliphatic carbocycles. The Kier molecular flexibility index (Phi) is 5.07. The predicted octanol–water partition coefficient (Wildman–Crippen LogP) is 2.64. The smallest absolute Gasteiger partial charge is 0.0166 e. The third kappa shape index (κ3) is 4.12. The van der Waals surface area contributed by atoms with E-state index < -0.39 is 0 Å². The van der Waals surface area contributed by atoms with Crippen LogP contribution >= 0.6 is 0 Å². The van der Waals surface area contributed by atoms with Gasteiger partial charge in [-0.3, -0.25) is 4.90 Å². The third-order valence-electron chi connectivity index (χ3n) is 3.61. The normalized spacial score (nSPS) is 27.6. The molecule has 90 valence electrons. The van der Waals surface area contributed by atoms with Crippen LogP contribution in [0.3, 0.4) is 0 Å². The Morgan fingerprint density at radius 2 is 2.07 bits per heavy atom. The minimum Gasteiger partial charge on any atom is -0.313 e. The van der Waals surface area contributed by atoms with E-state index in [2.05, 4.69) is 37.9 Å². The molecule has 1 aliphatic rings. The van der Waals surface area contributed by atoms with Crippen LogP contribution < -0.4 is 5.32 Å². The number of hydrogen-bond donors (Lipinski definition) is 1. The van der Waals surface area contributed by atoms with Crippen LogP contribution in [0.15, 0.2) is 0 Å². The number of hydrogen-bond acceptors (Lipinski definition) is 2. The molecule has 0 spiro atoms. The SMILES string of the molecule is CCCCCN1CC(C)NCCC1(C)C. The van der Waals surface area contributed by atoms with Crippen molar-refractivity contribution < 1.29 is 0 Å². The van der Waals surface area contributed by atoms with Crippen molar-refractivity contribution in [2.24, 2.45) is 0 Å². The summed E-state index contributed by atoms with van der Waals surface area (Å²) in [6, 6.07) is 0.647. The Balaban J connectivity index is 2.47. The summed E-state index contributed by atoms with van der Waals surface area (Å²) >= 11 is 0. The van der Waals surface area contributed by atoms with Gasteiger partial charge in [0.25, 0.3) is 0 Å². The van der Waals surface area contributed by atoms with E-state index in [1.54, 1.807) is 0 Å². The zero-order chi connectivity index (χ0) is 11.3. The maximum Gasteiger partial charge on any atom is 0.0166 e. The van der Waals surface area contributed by atoms with E-state index in [0.29, 0.717) is 11.6 Å². The van der Waals surface area contributed by atoms with Gasteiger partial charge in [0.15, 0.2) is 0 Å². The van der Waals surface area contributed by atoms with Crippen molar-refractivity contribution in [3.05, 3.63) is 0 Å². The summed E-state index contributed by atoms with van der Waals surface area (Å²) in [6.07, 6.45) is 5.31. The molecule has 2 heteroatoms. The van der Waals surface area contributed by atoms with Crippen molar-refractivity contribution in [3.8, 4) is 0 Å². The molecule has 1 rings (SSSR count). The molecule has 1 atom stereocenters. The molecule has 1 N–H and O–H groups in total. The zero-order valence-corrected chi connectivity index (χ0v) is 11.0. The lowest BCUT2D eigenvalue weighted by Gasteiger charge is -2.37. The van der Waals surface area contributed by atoms with E-state index in [0.717, 1.165) is 0 Å². The molecule has 1 aliphatic heterocycles. The van der Waals surface area contributed by atoms with E-state index in [1.807, 2.05) is 0 Å². The van der Waals surface area contributed by atoms with E-state index in [-0.39, 0.29) is 0 Å². The quantitative estimate of drug-likeness (QED) is 0.721. The van der Waals surface area contributed by atoms with Crippen LogP contribution in [-0.2, 0) is 0 Å². The van der Waals surface area contributed by atoms with Gasteiger partial charge in [-0.05, 0) is 46.7 Å². The van der Waals surface area contributed by atoms with Crippen molar-refractivity contribution in [3.63, 3.8) is 0 Å². The topological polar surface area (TPSA) is 15.3 Å². The number of rotatable bonds is 4. The first-order valence-corrected chi connectivity index (χ1v) is 6.54. The molecule has 0 radical (unpaired) electrons. The monoisotopic (exact) mass is 212 g/mol. The fourth-order valence-corrected chi connectivity index (χ4v) is 2.37. The molecule has 0 amide bonds. The Labute approximate surface area is 95.4 Å². The molecule has 0 aromatic carbocycles. The second-order valence-corrected chi connectivity index (χ2v) is 5.57. The first-order valence-electron chi connectivity index (χ1n) is 6.54. The van der Waals surface area contributed by atoms with E-state index in [1.165, 1.54) is 45.3 Å². The number of nitrogens with one attached hydrogen (secondary N) is 1. The fourth-order valence-electron chi connectivity index (χ4n) is 2.37. The summed E-state index contributed by atoms with van der Waals surface area (Å²) in [6.45, 7) is 13.0. The summed E-state index contributed by atoms with van der Waals surface area (Å²) in [4.78, 5) is 2.67. The number of unbranched alkanes of at least 4 members (excludes halogenated alkanes) is 2. The molecule has 0 saturated carbocycles. The van der Waals surface area contributed by atoms with Crippen LogP contribution in [0, 0.1) is 0 Å². The van der Waals surface area contributed by atoms with Crippen molar-refractivity contribution in [2.45, 2.75) is 65.0 Å². The van der Waals surface area contributed by atoms with Gasteiger partial charge in [0.1, 0.15) is 0 Å². The van der Waals surface area contributed by atoms with Crippen LogP contribution in [0.25, 0.3) is 0 Å².